The maximum Gasteiger partial charge on any atom is 0.245 e. The van der Waals surface area contributed by atoms with E-state index in [0.29, 0.717) is 40.3 Å². The molecule has 0 aliphatic carbocycles. The van der Waals surface area contributed by atoms with Crippen molar-refractivity contribution in [2.45, 2.75) is 51.1 Å². The minimum absolute atomic E-state index is 0.384. The lowest BCUT2D eigenvalue weighted by Gasteiger charge is -2.15. The quantitative estimate of drug-likeness (QED) is 0.803. The van der Waals surface area contributed by atoms with E-state index in [1.54, 1.807) is 10.4 Å². The Morgan fingerprint density at radius 2 is 2.24 bits per heavy atom. The first-order valence-corrected chi connectivity index (χ1v) is 10.4. The predicted octanol–water partition coefficient (Wildman–Crippen LogP) is 3.43. The lowest BCUT2D eigenvalue weighted by Crippen LogP contribution is -2.28. The van der Waals surface area contributed by atoms with Crippen molar-refractivity contribution in [3.05, 3.63) is 14.7 Å². The van der Waals surface area contributed by atoms with Gasteiger partial charge in [-0.2, -0.15) is 4.31 Å². The van der Waals surface area contributed by atoms with Gasteiger partial charge in [0.25, 0.3) is 0 Å². The molecule has 1 aliphatic rings. The van der Waals surface area contributed by atoms with Crippen LogP contribution in [0, 0.1) is 5.92 Å². The van der Waals surface area contributed by atoms with Crippen molar-refractivity contribution in [2.75, 3.05) is 13.1 Å². The number of thiophene rings is 1. The van der Waals surface area contributed by atoms with Crippen molar-refractivity contribution in [1.29, 1.82) is 0 Å². The van der Waals surface area contributed by atoms with E-state index in [1.165, 1.54) is 11.3 Å². The highest BCUT2D eigenvalue weighted by Gasteiger charge is 2.33. The SMILES string of the molecule is CCC1CCN(S(=O)(=O)c2cc(CNC(C)C)sc2Br)C1. The zero-order chi connectivity index (χ0) is 15.6. The molecule has 1 N–H and O–H groups in total. The van der Waals surface area contributed by atoms with Crippen LogP contribution >= 0.6 is 27.3 Å². The summed E-state index contributed by atoms with van der Waals surface area (Å²) in [5.74, 6) is 0.499. The smallest absolute Gasteiger partial charge is 0.245 e. The lowest BCUT2D eigenvalue weighted by atomic mass is 10.1. The molecular weight excluding hydrogens is 372 g/mol. The number of sulfonamides is 1. The van der Waals surface area contributed by atoms with E-state index in [1.807, 2.05) is 0 Å². The van der Waals surface area contributed by atoms with Crippen LogP contribution in [0.2, 0.25) is 0 Å². The molecule has 4 nitrogen and oxygen atoms in total. The molecule has 0 saturated carbocycles. The first kappa shape index (κ1) is 17.4. The minimum Gasteiger partial charge on any atom is -0.310 e. The molecule has 1 saturated heterocycles. The Morgan fingerprint density at radius 1 is 1.52 bits per heavy atom. The van der Waals surface area contributed by atoms with Crippen LogP contribution < -0.4 is 5.32 Å². The van der Waals surface area contributed by atoms with Crippen molar-refractivity contribution in [3.63, 3.8) is 0 Å². The van der Waals surface area contributed by atoms with Crippen LogP contribution in [0.4, 0.5) is 0 Å². The zero-order valence-corrected chi connectivity index (χ0v) is 15.9. The van der Waals surface area contributed by atoms with Crippen LogP contribution in [-0.2, 0) is 16.6 Å². The summed E-state index contributed by atoms with van der Waals surface area (Å²) in [5.41, 5.74) is 0. The Balaban J connectivity index is 2.17. The third kappa shape index (κ3) is 4.07. The van der Waals surface area contributed by atoms with Crippen molar-refractivity contribution in [2.24, 2.45) is 5.92 Å². The van der Waals surface area contributed by atoms with Crippen LogP contribution in [0.5, 0.6) is 0 Å². The predicted molar refractivity (Wildman–Crippen MR) is 91.2 cm³/mol. The van der Waals surface area contributed by atoms with Crippen LogP contribution in [0.15, 0.2) is 14.7 Å². The second-order valence-electron chi connectivity index (χ2n) is 5.81. The molecule has 1 atom stereocenters. The summed E-state index contributed by atoms with van der Waals surface area (Å²) in [6.45, 7) is 8.28. The second kappa shape index (κ2) is 7.08. The molecule has 0 radical (unpaired) electrons. The van der Waals surface area contributed by atoms with E-state index in [0.717, 1.165) is 17.7 Å². The molecule has 1 fully saturated rings. The van der Waals surface area contributed by atoms with E-state index >= 15 is 0 Å². The van der Waals surface area contributed by atoms with E-state index in [9.17, 15) is 8.42 Å². The van der Waals surface area contributed by atoms with E-state index in [-0.39, 0.29) is 0 Å². The highest BCUT2D eigenvalue weighted by atomic mass is 79.9. The maximum atomic E-state index is 12.8. The molecule has 2 rings (SSSR count). The van der Waals surface area contributed by atoms with E-state index in [2.05, 4.69) is 42.0 Å². The molecule has 1 aromatic rings. The van der Waals surface area contributed by atoms with Gasteiger partial charge in [-0.15, -0.1) is 11.3 Å². The lowest BCUT2D eigenvalue weighted by molar-refractivity contribution is 0.453. The van der Waals surface area contributed by atoms with Crippen LogP contribution in [0.25, 0.3) is 0 Å². The van der Waals surface area contributed by atoms with Gasteiger partial charge in [0.2, 0.25) is 10.0 Å². The Kier molecular flexibility index (Phi) is 5.87. The molecular formula is C14H23BrN2O2S2. The molecule has 1 aromatic heterocycles. The number of hydrogen-bond acceptors (Lipinski definition) is 4. The van der Waals surface area contributed by atoms with Gasteiger partial charge in [-0.3, -0.25) is 0 Å². The Bertz CT molecular complexity index is 584. The largest absolute Gasteiger partial charge is 0.310 e. The third-order valence-electron chi connectivity index (χ3n) is 3.83. The fraction of sp³-hybridized carbons (Fsp3) is 0.714. The van der Waals surface area contributed by atoms with Crippen molar-refractivity contribution in [1.82, 2.24) is 9.62 Å². The molecule has 0 aromatic carbocycles. The van der Waals surface area contributed by atoms with Crippen LogP contribution in [0.3, 0.4) is 0 Å². The Labute approximate surface area is 140 Å². The summed E-state index contributed by atoms with van der Waals surface area (Å²) < 4.78 is 27.8. The van der Waals surface area contributed by atoms with E-state index in [4.69, 9.17) is 0 Å². The Morgan fingerprint density at radius 3 is 2.81 bits per heavy atom. The topological polar surface area (TPSA) is 49.4 Å². The summed E-state index contributed by atoms with van der Waals surface area (Å²) in [6.07, 6.45) is 2.01. The summed E-state index contributed by atoms with van der Waals surface area (Å²) in [6, 6.07) is 2.19. The van der Waals surface area contributed by atoms with Gasteiger partial charge < -0.3 is 5.32 Å². The van der Waals surface area contributed by atoms with Gasteiger partial charge in [0, 0.05) is 30.6 Å². The fourth-order valence-corrected chi connectivity index (χ4v) is 6.57. The highest BCUT2D eigenvalue weighted by Crippen LogP contribution is 2.35. The van der Waals surface area contributed by atoms with Gasteiger partial charge in [0.05, 0.1) is 3.79 Å². The van der Waals surface area contributed by atoms with Gasteiger partial charge in [0.1, 0.15) is 4.90 Å². The summed E-state index contributed by atoms with van der Waals surface area (Å²) in [7, 11) is -3.36. The number of hydrogen-bond donors (Lipinski definition) is 1. The van der Waals surface area contributed by atoms with Gasteiger partial charge in [-0.05, 0) is 34.3 Å². The average Bonchev–Trinajstić information content (AvgIpc) is 3.03. The van der Waals surface area contributed by atoms with Crippen LogP contribution in [-0.4, -0.2) is 31.9 Å². The number of halogens is 1. The molecule has 0 bridgehead atoms. The first-order chi connectivity index (χ1) is 9.84. The van der Waals surface area contributed by atoms with Crippen molar-refractivity contribution in [3.8, 4) is 0 Å². The van der Waals surface area contributed by atoms with Gasteiger partial charge in [0.15, 0.2) is 0 Å². The van der Waals surface area contributed by atoms with Gasteiger partial charge >= 0.3 is 0 Å². The number of nitrogens with one attached hydrogen (secondary N) is 1. The molecule has 0 amide bonds. The molecule has 0 spiro atoms. The minimum atomic E-state index is -3.36. The number of nitrogens with zero attached hydrogens (tertiary/aromatic N) is 1. The molecule has 2 heterocycles. The summed E-state index contributed by atoms with van der Waals surface area (Å²) >= 11 is 4.92. The summed E-state index contributed by atoms with van der Waals surface area (Å²) in [5, 5.41) is 3.32. The van der Waals surface area contributed by atoms with Gasteiger partial charge in [-0.1, -0.05) is 27.2 Å². The number of rotatable bonds is 6. The van der Waals surface area contributed by atoms with Crippen molar-refractivity contribution < 1.29 is 8.42 Å². The standard InChI is InChI=1S/C14H23BrN2O2S2/c1-4-11-5-6-17(9-11)21(18,19)13-7-12(20-14(13)15)8-16-10(2)3/h7,10-11,16H,4-6,8-9H2,1-3H3. The molecule has 1 unspecified atom stereocenters. The average molecular weight is 395 g/mol. The molecule has 120 valence electrons. The first-order valence-electron chi connectivity index (χ1n) is 7.36. The molecule has 1 aliphatic heterocycles. The Hall–Kier alpha value is 0.0500. The summed E-state index contributed by atoms with van der Waals surface area (Å²) in [4.78, 5) is 1.46. The highest BCUT2D eigenvalue weighted by molar-refractivity contribution is 9.11. The monoisotopic (exact) mass is 394 g/mol. The molecule has 7 heteroatoms. The molecule has 21 heavy (non-hydrogen) atoms. The van der Waals surface area contributed by atoms with Crippen LogP contribution in [0.1, 0.15) is 38.5 Å². The zero-order valence-electron chi connectivity index (χ0n) is 12.7. The fourth-order valence-electron chi connectivity index (χ4n) is 2.45. The van der Waals surface area contributed by atoms with Crippen molar-refractivity contribution >= 4 is 37.3 Å². The van der Waals surface area contributed by atoms with E-state index < -0.39 is 10.0 Å². The van der Waals surface area contributed by atoms with Gasteiger partial charge in [-0.25, -0.2) is 8.42 Å². The normalized spacial score (nSPS) is 20.5. The maximum absolute atomic E-state index is 12.8. The second-order valence-corrected chi connectivity index (χ2v) is 10.2. The third-order valence-corrected chi connectivity index (χ3v) is 7.95.